The number of nitrogens with one attached hydrogen (secondary N) is 1. The number of anilines is 1. The van der Waals surface area contributed by atoms with Gasteiger partial charge < -0.3 is 24.8 Å². The topological polar surface area (TPSA) is 122 Å². The molecule has 0 radical (unpaired) electrons. The van der Waals surface area contributed by atoms with Crippen molar-refractivity contribution >= 4 is 41.0 Å². The van der Waals surface area contributed by atoms with Crippen LogP contribution in [0.5, 0.6) is 0 Å². The maximum absolute atomic E-state index is 14.0. The molecule has 2 aliphatic carbocycles. The van der Waals surface area contributed by atoms with Gasteiger partial charge in [-0.2, -0.15) is 0 Å². The summed E-state index contributed by atoms with van der Waals surface area (Å²) >= 11 is 1.24. The maximum Gasteiger partial charge on any atom is 0.408 e. The number of carboxylic acids is 1. The minimum Gasteiger partial charge on any atom is -0.477 e. The number of alkyl carbamates (subject to hydrolysis) is 1. The molecule has 2 saturated carbocycles. The summed E-state index contributed by atoms with van der Waals surface area (Å²) in [5.41, 5.74) is -0.420. The Bertz CT molecular complexity index is 1070. The Balaban J connectivity index is 1.73. The predicted octanol–water partition coefficient (Wildman–Crippen LogP) is 6.28. The first-order valence-electron chi connectivity index (χ1n) is 14.4. The van der Waals surface area contributed by atoms with Gasteiger partial charge in [-0.3, -0.25) is 9.59 Å². The van der Waals surface area contributed by atoms with E-state index in [1.165, 1.54) is 11.3 Å². The monoisotopic (exact) mass is 578 g/mol. The fraction of sp³-hybridized carbons (Fsp3) is 0.733. The highest BCUT2D eigenvalue weighted by Crippen LogP contribution is 2.42. The van der Waals surface area contributed by atoms with Crippen molar-refractivity contribution in [1.29, 1.82) is 0 Å². The molecule has 224 valence electrons. The number of carbonyl (C=O) groups excluding carboxylic acids is 3. The molecule has 2 amide bonds. The molecule has 0 saturated heterocycles. The third-order valence-electron chi connectivity index (χ3n) is 7.59. The van der Waals surface area contributed by atoms with Crippen molar-refractivity contribution in [2.75, 3.05) is 11.4 Å². The van der Waals surface area contributed by atoms with Gasteiger partial charge in [0.1, 0.15) is 23.1 Å². The van der Waals surface area contributed by atoms with Crippen molar-refractivity contribution in [3.8, 4) is 0 Å². The van der Waals surface area contributed by atoms with Crippen LogP contribution in [0, 0.1) is 11.8 Å². The average Bonchev–Trinajstić information content (AvgIpc) is 3.29. The lowest BCUT2D eigenvalue weighted by Crippen LogP contribution is -2.47. The summed E-state index contributed by atoms with van der Waals surface area (Å²) in [6.45, 7) is 13.3. The van der Waals surface area contributed by atoms with Gasteiger partial charge in [0.2, 0.25) is 5.91 Å². The van der Waals surface area contributed by atoms with E-state index in [-0.39, 0.29) is 40.8 Å². The molecule has 40 heavy (non-hydrogen) atoms. The second-order valence-electron chi connectivity index (χ2n) is 13.3. The number of aromatic carboxylic acids is 1. The van der Waals surface area contributed by atoms with Crippen LogP contribution in [0.4, 0.5) is 10.5 Å². The molecule has 2 N–H and O–H groups in total. The van der Waals surface area contributed by atoms with E-state index in [4.69, 9.17) is 9.47 Å². The maximum atomic E-state index is 14.0. The smallest absolute Gasteiger partial charge is 0.408 e. The zero-order valence-corrected chi connectivity index (χ0v) is 25.8. The van der Waals surface area contributed by atoms with Crippen molar-refractivity contribution in [1.82, 2.24) is 5.32 Å². The van der Waals surface area contributed by atoms with Gasteiger partial charge in [-0.1, -0.05) is 27.7 Å². The van der Waals surface area contributed by atoms with E-state index in [0.717, 1.165) is 30.6 Å². The number of hydrogen-bond acceptors (Lipinski definition) is 7. The Labute approximate surface area is 242 Å². The number of esters is 1. The minimum atomic E-state index is -1.02. The van der Waals surface area contributed by atoms with Crippen LogP contribution < -0.4 is 10.2 Å². The van der Waals surface area contributed by atoms with Crippen molar-refractivity contribution in [2.24, 2.45) is 11.8 Å². The van der Waals surface area contributed by atoms with Crippen molar-refractivity contribution in [3.63, 3.8) is 0 Å². The van der Waals surface area contributed by atoms with Crippen LogP contribution in [0.3, 0.4) is 0 Å². The number of carbonyl (C=O) groups is 4. The lowest BCUT2D eigenvalue weighted by atomic mass is 9.81. The van der Waals surface area contributed by atoms with E-state index in [9.17, 15) is 24.3 Å². The summed E-state index contributed by atoms with van der Waals surface area (Å²) < 4.78 is 10.8. The number of ether oxygens (including phenoxy) is 2. The quantitative estimate of drug-likeness (QED) is 0.365. The highest BCUT2D eigenvalue weighted by molar-refractivity contribution is 7.14. The molecule has 1 aromatic rings. The Kier molecular flexibility index (Phi) is 10.3. The third-order valence-corrected chi connectivity index (χ3v) is 9.13. The second-order valence-corrected chi connectivity index (χ2v) is 14.4. The molecule has 2 aliphatic rings. The van der Waals surface area contributed by atoms with Crippen molar-refractivity contribution < 1.29 is 33.8 Å². The molecule has 9 nitrogen and oxygen atoms in total. The number of carboxylic acid groups (broad SMARTS) is 1. The summed E-state index contributed by atoms with van der Waals surface area (Å²) in [4.78, 5) is 53.5. The first kappa shape index (κ1) is 31.9. The predicted molar refractivity (Wildman–Crippen MR) is 155 cm³/mol. The lowest BCUT2D eigenvalue weighted by Gasteiger charge is -2.39. The van der Waals surface area contributed by atoms with Crippen LogP contribution in [-0.4, -0.2) is 53.3 Å². The number of thiophene rings is 1. The second kappa shape index (κ2) is 12.9. The molecule has 0 bridgehead atoms. The van der Waals surface area contributed by atoms with Crippen LogP contribution in [0.1, 0.15) is 114 Å². The van der Waals surface area contributed by atoms with Gasteiger partial charge in [0.15, 0.2) is 0 Å². The number of amides is 2. The molecular weight excluding hydrogens is 532 g/mol. The highest BCUT2D eigenvalue weighted by atomic mass is 32.1. The molecule has 0 unspecified atom stereocenters. The van der Waals surface area contributed by atoms with Crippen molar-refractivity contribution in [2.45, 2.75) is 123 Å². The van der Waals surface area contributed by atoms with Gasteiger partial charge in [0.25, 0.3) is 0 Å². The van der Waals surface area contributed by atoms with E-state index in [0.29, 0.717) is 37.3 Å². The Hall–Kier alpha value is -2.62. The van der Waals surface area contributed by atoms with Crippen LogP contribution >= 0.6 is 11.3 Å². The largest absolute Gasteiger partial charge is 0.477 e. The minimum absolute atomic E-state index is 0.00895. The summed E-state index contributed by atoms with van der Waals surface area (Å²) in [6, 6.07) is 1.72. The first-order valence-corrected chi connectivity index (χ1v) is 15.2. The lowest BCUT2D eigenvalue weighted by molar-refractivity contribution is -0.149. The number of hydrogen-bond donors (Lipinski definition) is 2. The summed E-state index contributed by atoms with van der Waals surface area (Å²) in [5, 5.41) is 12.5. The molecule has 10 heteroatoms. The third kappa shape index (κ3) is 8.69. The van der Waals surface area contributed by atoms with Crippen LogP contribution in [-0.2, 0) is 24.5 Å². The normalized spacial score (nSPS) is 23.7. The highest BCUT2D eigenvalue weighted by Gasteiger charge is 2.38. The van der Waals surface area contributed by atoms with Gasteiger partial charge >= 0.3 is 18.0 Å². The standard InChI is InChI=1S/C30H46N2O7S/c1-18-8-10-19(11-9-18)26(34)32(22-16-23(29(2,3)4)40-25(22)27(35)36)20-12-14-21(15-13-20)38-24(33)17-31-28(37)39-30(5,6)7/h16,18-21H,8-15,17H2,1-7H3,(H,31,37)(H,35,36). The molecule has 0 atom stereocenters. The van der Waals surface area contributed by atoms with Gasteiger partial charge in [-0.05, 0) is 89.5 Å². The molecule has 0 aliphatic heterocycles. The van der Waals surface area contributed by atoms with Crippen molar-refractivity contribution in [3.05, 3.63) is 15.8 Å². The molecular formula is C30H46N2O7S. The van der Waals surface area contributed by atoms with Crippen LogP contribution in [0.2, 0.25) is 0 Å². The van der Waals surface area contributed by atoms with Gasteiger partial charge in [-0.15, -0.1) is 11.3 Å². The Morgan fingerprint density at radius 1 is 0.975 bits per heavy atom. The fourth-order valence-electron chi connectivity index (χ4n) is 5.39. The Morgan fingerprint density at radius 2 is 1.57 bits per heavy atom. The van der Waals surface area contributed by atoms with Gasteiger partial charge in [0.05, 0.1) is 5.69 Å². The molecule has 1 heterocycles. The zero-order valence-electron chi connectivity index (χ0n) is 25.0. The van der Waals surface area contributed by atoms with Gasteiger partial charge in [0, 0.05) is 16.8 Å². The van der Waals surface area contributed by atoms with E-state index >= 15 is 0 Å². The molecule has 3 rings (SSSR count). The number of nitrogens with zero attached hydrogens (tertiary/aromatic N) is 1. The van der Waals surface area contributed by atoms with Gasteiger partial charge in [-0.25, -0.2) is 9.59 Å². The average molecular weight is 579 g/mol. The van der Waals surface area contributed by atoms with E-state index in [1.807, 2.05) is 26.8 Å². The molecule has 0 spiro atoms. The summed E-state index contributed by atoms with van der Waals surface area (Å²) in [7, 11) is 0. The van der Waals surface area contributed by atoms with E-state index < -0.39 is 23.6 Å². The molecule has 1 aromatic heterocycles. The molecule has 2 fully saturated rings. The van der Waals surface area contributed by atoms with E-state index in [2.05, 4.69) is 12.2 Å². The zero-order chi connectivity index (χ0) is 29.8. The van der Waals surface area contributed by atoms with Crippen LogP contribution in [0.25, 0.3) is 0 Å². The summed E-state index contributed by atoms with van der Waals surface area (Å²) in [6.07, 6.45) is 4.87. The summed E-state index contributed by atoms with van der Waals surface area (Å²) in [5.74, 6) is -1.08. The fourth-order valence-corrected chi connectivity index (χ4v) is 6.44. The Morgan fingerprint density at radius 3 is 2.10 bits per heavy atom. The van der Waals surface area contributed by atoms with Crippen LogP contribution in [0.15, 0.2) is 6.07 Å². The first-order chi connectivity index (χ1) is 18.5. The SMILES string of the molecule is CC1CCC(C(=O)N(c2cc(C(C)(C)C)sc2C(=O)O)C2CCC(OC(=O)CNC(=O)OC(C)(C)C)CC2)CC1. The molecule has 0 aromatic carbocycles. The van der Waals surface area contributed by atoms with E-state index in [1.54, 1.807) is 25.7 Å². The number of rotatable bonds is 7.